The molecule has 10 heteroatoms. The van der Waals surface area contributed by atoms with Gasteiger partial charge in [-0.3, -0.25) is 14.6 Å². The normalized spacial score (nSPS) is 17.2. The maximum Gasteiger partial charge on any atom is 0.331 e. The van der Waals surface area contributed by atoms with E-state index in [9.17, 15) is 9.59 Å². The van der Waals surface area contributed by atoms with Gasteiger partial charge in [-0.1, -0.05) is 18.2 Å². The van der Waals surface area contributed by atoms with Gasteiger partial charge in [0.15, 0.2) is 0 Å². The summed E-state index contributed by atoms with van der Waals surface area (Å²) in [5.74, 6) is 1.21. The number of rotatable bonds is 7. The summed E-state index contributed by atoms with van der Waals surface area (Å²) in [7, 11) is 0. The topological polar surface area (TPSA) is 96.0 Å². The smallest absolute Gasteiger partial charge is 0.331 e. The lowest BCUT2D eigenvalue weighted by Crippen LogP contribution is -2.46. The van der Waals surface area contributed by atoms with Crippen LogP contribution in [0, 0.1) is 6.92 Å². The number of hydrogen-bond donors (Lipinski definition) is 2. The van der Waals surface area contributed by atoms with E-state index in [1.807, 2.05) is 61.5 Å². The quantitative estimate of drug-likeness (QED) is 0.318. The lowest BCUT2D eigenvalue weighted by Gasteiger charge is -2.33. The number of carbonyl (C=O) groups excluding carboxylic acids is 2. The summed E-state index contributed by atoms with van der Waals surface area (Å²) in [5, 5.41) is 6.75. The molecule has 2 aliphatic rings. The van der Waals surface area contributed by atoms with Gasteiger partial charge in [0.05, 0.1) is 35.7 Å². The minimum atomic E-state index is -0.329. The summed E-state index contributed by atoms with van der Waals surface area (Å²) in [6.45, 7) is 7.57. The molecule has 2 aromatic carbocycles. The van der Waals surface area contributed by atoms with E-state index in [1.54, 1.807) is 11.1 Å². The Morgan fingerprint density at radius 1 is 1.18 bits per heavy atom. The maximum atomic E-state index is 13.5. The second-order valence-corrected chi connectivity index (χ2v) is 10.7. The molecule has 1 saturated heterocycles. The Balaban J connectivity index is 1.25. The molecule has 0 bridgehead atoms. The largest absolute Gasteiger partial charge is 0.457 e. The molecule has 2 N–H and O–H groups in total. The Labute approximate surface area is 230 Å². The number of anilines is 3. The number of carbonyl (C=O) groups is 2. The third-order valence-electron chi connectivity index (χ3n) is 7.03. The summed E-state index contributed by atoms with van der Waals surface area (Å²) in [4.78, 5) is 36.3. The van der Waals surface area contributed by atoms with Crippen LogP contribution in [0.15, 0.2) is 60.8 Å². The number of nitrogens with one attached hydrogen (secondary N) is 2. The Morgan fingerprint density at radius 3 is 2.82 bits per heavy atom. The van der Waals surface area contributed by atoms with Gasteiger partial charge in [0.2, 0.25) is 0 Å². The van der Waals surface area contributed by atoms with Gasteiger partial charge in [0.25, 0.3) is 5.91 Å². The van der Waals surface area contributed by atoms with Crippen LogP contribution in [0.4, 0.5) is 21.9 Å². The van der Waals surface area contributed by atoms with Crippen LogP contribution in [0.1, 0.15) is 22.2 Å². The van der Waals surface area contributed by atoms with Gasteiger partial charge >= 0.3 is 6.03 Å². The van der Waals surface area contributed by atoms with Crippen LogP contribution in [0.3, 0.4) is 0 Å². The molecule has 0 radical (unpaired) electrons. The summed E-state index contributed by atoms with van der Waals surface area (Å²) in [6.07, 6.45) is 1.67. The van der Waals surface area contributed by atoms with E-state index in [-0.39, 0.29) is 11.9 Å². The van der Waals surface area contributed by atoms with Crippen molar-refractivity contribution in [2.24, 2.45) is 0 Å². The number of urea groups is 1. The van der Waals surface area contributed by atoms with Crippen LogP contribution in [0.2, 0.25) is 0 Å². The first-order valence-corrected chi connectivity index (χ1v) is 13.8. The van der Waals surface area contributed by atoms with Crippen molar-refractivity contribution in [2.75, 3.05) is 43.1 Å². The molecule has 39 heavy (non-hydrogen) atoms. The fourth-order valence-electron chi connectivity index (χ4n) is 5.04. The van der Waals surface area contributed by atoms with Crippen molar-refractivity contribution in [1.29, 1.82) is 0 Å². The van der Waals surface area contributed by atoms with Crippen molar-refractivity contribution in [3.63, 3.8) is 0 Å². The summed E-state index contributed by atoms with van der Waals surface area (Å²) in [6, 6.07) is 17.0. The molecule has 2 aliphatic heterocycles. The molecular weight excluding hydrogens is 514 g/mol. The van der Waals surface area contributed by atoms with Gasteiger partial charge in [-0.05, 0) is 55.8 Å². The van der Waals surface area contributed by atoms with Gasteiger partial charge in [-0.15, -0.1) is 11.3 Å². The second kappa shape index (κ2) is 10.6. The zero-order valence-corrected chi connectivity index (χ0v) is 22.6. The highest BCUT2D eigenvalue weighted by Crippen LogP contribution is 2.46. The Kier molecular flexibility index (Phi) is 6.90. The molecule has 3 amide bonds. The molecule has 0 spiro atoms. The molecule has 0 saturated carbocycles. The van der Waals surface area contributed by atoms with Gasteiger partial charge in [-0.25, -0.2) is 9.78 Å². The van der Waals surface area contributed by atoms with Crippen molar-refractivity contribution >= 4 is 50.6 Å². The number of thiophene rings is 1. The molecule has 1 unspecified atom stereocenters. The van der Waals surface area contributed by atoms with Gasteiger partial charge < -0.3 is 20.1 Å². The Bertz CT molecular complexity index is 1540. The van der Waals surface area contributed by atoms with Crippen molar-refractivity contribution in [2.45, 2.75) is 19.9 Å². The van der Waals surface area contributed by atoms with Crippen molar-refractivity contribution in [1.82, 2.24) is 15.2 Å². The number of para-hydroxylation sites is 1. The lowest BCUT2D eigenvalue weighted by molar-refractivity contribution is 0.000545. The molecule has 200 valence electrons. The zero-order valence-electron chi connectivity index (χ0n) is 21.8. The first-order valence-electron chi connectivity index (χ1n) is 13.0. The predicted octanol–water partition coefficient (Wildman–Crippen LogP) is 5.53. The molecule has 2 aromatic heterocycles. The van der Waals surface area contributed by atoms with Crippen LogP contribution in [-0.4, -0.2) is 60.7 Å². The number of pyridine rings is 1. The summed E-state index contributed by atoms with van der Waals surface area (Å²) >= 11 is 1.29. The number of aryl methyl sites for hydroxylation is 1. The average molecular weight is 544 g/mol. The zero-order chi connectivity index (χ0) is 26.9. The van der Waals surface area contributed by atoms with E-state index in [0.717, 1.165) is 35.5 Å². The minimum Gasteiger partial charge on any atom is -0.457 e. The lowest BCUT2D eigenvalue weighted by atomic mass is 10.1. The number of aromatic nitrogens is 1. The van der Waals surface area contributed by atoms with Crippen molar-refractivity contribution < 1.29 is 19.1 Å². The Hall–Kier alpha value is -3.99. The van der Waals surface area contributed by atoms with E-state index >= 15 is 0 Å². The molecule has 0 aliphatic carbocycles. The van der Waals surface area contributed by atoms with E-state index in [0.29, 0.717) is 52.6 Å². The molecule has 1 fully saturated rings. The summed E-state index contributed by atoms with van der Waals surface area (Å²) < 4.78 is 11.5. The highest BCUT2D eigenvalue weighted by atomic mass is 32.1. The average Bonchev–Trinajstić information content (AvgIpc) is 3.31. The summed E-state index contributed by atoms with van der Waals surface area (Å²) in [5.41, 5.74) is 2.80. The molecule has 4 aromatic rings. The SMILES string of the molecule is Cc1cc(Oc2ccccc2)ccc1N1C(=O)Nc2c(C(=O)NCCN3CCOCC3C)sc3nccc1c23. The molecular formula is C29H29N5O4S. The van der Waals surface area contributed by atoms with Crippen LogP contribution < -0.4 is 20.3 Å². The standard InChI is InChI=1S/C29H29N5O4S/c1-18-16-21(38-20-6-4-3-5-7-20)8-9-22(18)34-23-10-11-31-28-24(23)25(32-29(34)36)26(39-28)27(35)30-12-13-33-14-15-37-17-19(33)2/h3-11,16,19H,12-15,17H2,1-2H3,(H,30,35)(H,32,36). The molecule has 4 heterocycles. The number of amides is 3. The van der Waals surface area contributed by atoms with E-state index < -0.39 is 0 Å². The monoisotopic (exact) mass is 543 g/mol. The van der Waals surface area contributed by atoms with Crippen LogP contribution in [0.25, 0.3) is 10.2 Å². The highest BCUT2D eigenvalue weighted by molar-refractivity contribution is 7.21. The van der Waals surface area contributed by atoms with E-state index in [4.69, 9.17) is 9.47 Å². The molecule has 1 atom stereocenters. The van der Waals surface area contributed by atoms with Gasteiger partial charge in [0.1, 0.15) is 21.2 Å². The minimum absolute atomic E-state index is 0.216. The number of morpholine rings is 1. The number of nitrogens with zero attached hydrogens (tertiary/aromatic N) is 3. The molecule has 9 nitrogen and oxygen atoms in total. The first-order chi connectivity index (χ1) is 19.0. The maximum absolute atomic E-state index is 13.5. The number of hydrogen-bond acceptors (Lipinski definition) is 7. The Morgan fingerprint density at radius 2 is 2.03 bits per heavy atom. The number of ether oxygens (including phenoxy) is 2. The number of benzene rings is 2. The third-order valence-corrected chi connectivity index (χ3v) is 8.13. The van der Waals surface area contributed by atoms with E-state index in [2.05, 4.69) is 27.4 Å². The fourth-order valence-corrected chi connectivity index (χ4v) is 6.07. The predicted molar refractivity (Wildman–Crippen MR) is 153 cm³/mol. The van der Waals surface area contributed by atoms with Crippen LogP contribution in [0.5, 0.6) is 11.5 Å². The van der Waals surface area contributed by atoms with Gasteiger partial charge in [-0.2, -0.15) is 0 Å². The first kappa shape index (κ1) is 25.3. The van der Waals surface area contributed by atoms with Crippen LogP contribution in [-0.2, 0) is 4.74 Å². The fraction of sp³-hybridized carbons (Fsp3) is 0.276. The van der Waals surface area contributed by atoms with Crippen LogP contribution >= 0.6 is 11.3 Å². The second-order valence-electron chi connectivity index (χ2n) is 9.66. The third kappa shape index (κ3) is 4.94. The van der Waals surface area contributed by atoms with Crippen molar-refractivity contribution in [3.8, 4) is 11.5 Å². The van der Waals surface area contributed by atoms with Crippen molar-refractivity contribution in [3.05, 3.63) is 71.2 Å². The highest BCUT2D eigenvalue weighted by Gasteiger charge is 2.33. The van der Waals surface area contributed by atoms with Gasteiger partial charge in [0, 0.05) is 31.9 Å². The molecule has 6 rings (SSSR count). The van der Waals surface area contributed by atoms with E-state index in [1.165, 1.54) is 11.3 Å².